The average molecular weight is 374 g/mol. The Balaban J connectivity index is 1.59. The summed E-state index contributed by atoms with van der Waals surface area (Å²) in [6.45, 7) is 2.06. The van der Waals surface area contributed by atoms with E-state index in [4.69, 9.17) is 4.74 Å². The van der Waals surface area contributed by atoms with Crippen molar-refractivity contribution in [1.29, 1.82) is 0 Å². The van der Waals surface area contributed by atoms with Crippen molar-refractivity contribution in [1.82, 2.24) is 14.8 Å². The van der Waals surface area contributed by atoms with Crippen LogP contribution in [0.15, 0.2) is 40.9 Å². The number of amides is 1. The number of nitrogens with zero attached hydrogens (tertiary/aromatic N) is 3. The van der Waals surface area contributed by atoms with Gasteiger partial charge in [-0.25, -0.2) is 0 Å². The van der Waals surface area contributed by atoms with Crippen molar-refractivity contribution < 1.29 is 9.53 Å². The average Bonchev–Trinajstić information content (AvgIpc) is 3.19. The number of hydrogen-bond acceptors (Lipinski definition) is 6. The third kappa shape index (κ3) is 4.21. The Morgan fingerprint density at radius 3 is 2.72 bits per heavy atom. The number of benzene rings is 1. The molecule has 0 aliphatic carbocycles. The Morgan fingerprint density at radius 2 is 2.08 bits per heavy atom. The number of methoxy groups -OCH3 is 1. The fourth-order valence-corrected chi connectivity index (χ4v) is 3.65. The summed E-state index contributed by atoms with van der Waals surface area (Å²) in [7, 11) is 3.52. The van der Waals surface area contributed by atoms with Gasteiger partial charge in [0.25, 0.3) is 0 Å². The molecule has 2 heterocycles. The van der Waals surface area contributed by atoms with Gasteiger partial charge in [-0.3, -0.25) is 4.79 Å². The van der Waals surface area contributed by atoms with Crippen molar-refractivity contribution in [3.8, 4) is 17.1 Å². The predicted molar refractivity (Wildman–Crippen MR) is 101 cm³/mol. The van der Waals surface area contributed by atoms with Gasteiger partial charge in [0.2, 0.25) is 5.91 Å². The zero-order valence-electron chi connectivity index (χ0n) is 14.1. The lowest BCUT2D eigenvalue weighted by molar-refractivity contribution is -0.113. The number of carbonyl (C=O) groups excluding carboxylic acids is 1. The molecule has 1 amide bonds. The molecule has 2 aromatic heterocycles. The SMILES string of the molecule is COc1ccc(NC(=O)CSc2nnc(-c3csc(C)c3)n2C)cc1. The molecular formula is C17H18N4O2S2. The van der Waals surface area contributed by atoms with Crippen LogP contribution in [0.5, 0.6) is 5.75 Å². The molecular weight excluding hydrogens is 356 g/mol. The first kappa shape index (κ1) is 17.5. The molecule has 0 saturated heterocycles. The van der Waals surface area contributed by atoms with Crippen LogP contribution in [0.1, 0.15) is 4.88 Å². The van der Waals surface area contributed by atoms with Gasteiger partial charge in [-0.05, 0) is 37.3 Å². The van der Waals surface area contributed by atoms with Crippen LogP contribution in [0.4, 0.5) is 5.69 Å². The maximum absolute atomic E-state index is 12.1. The summed E-state index contributed by atoms with van der Waals surface area (Å²) in [4.78, 5) is 13.3. The number of hydrogen-bond donors (Lipinski definition) is 1. The van der Waals surface area contributed by atoms with Gasteiger partial charge in [-0.2, -0.15) is 0 Å². The number of thiophene rings is 1. The standard InChI is InChI=1S/C17H18N4O2S2/c1-11-8-12(9-24-11)16-19-20-17(21(16)2)25-10-15(22)18-13-4-6-14(23-3)7-5-13/h4-9H,10H2,1-3H3,(H,18,22). The first-order valence-electron chi connectivity index (χ1n) is 7.58. The first-order valence-corrected chi connectivity index (χ1v) is 9.45. The van der Waals surface area contributed by atoms with Gasteiger partial charge in [0.15, 0.2) is 11.0 Å². The maximum Gasteiger partial charge on any atom is 0.234 e. The van der Waals surface area contributed by atoms with E-state index in [9.17, 15) is 4.79 Å². The van der Waals surface area contributed by atoms with Crippen LogP contribution in [0.3, 0.4) is 0 Å². The number of nitrogens with one attached hydrogen (secondary N) is 1. The van der Waals surface area contributed by atoms with Crippen molar-refractivity contribution in [3.63, 3.8) is 0 Å². The molecule has 25 heavy (non-hydrogen) atoms. The minimum absolute atomic E-state index is 0.0916. The number of carbonyl (C=O) groups is 1. The molecule has 0 spiro atoms. The zero-order valence-corrected chi connectivity index (χ0v) is 15.8. The monoisotopic (exact) mass is 374 g/mol. The lowest BCUT2D eigenvalue weighted by atomic mass is 10.3. The van der Waals surface area contributed by atoms with Crippen LogP contribution >= 0.6 is 23.1 Å². The van der Waals surface area contributed by atoms with Crippen molar-refractivity contribution in [2.45, 2.75) is 12.1 Å². The molecule has 0 radical (unpaired) electrons. The Morgan fingerprint density at radius 1 is 1.32 bits per heavy atom. The van der Waals surface area contributed by atoms with Gasteiger partial charge in [0, 0.05) is 28.6 Å². The van der Waals surface area contributed by atoms with E-state index in [-0.39, 0.29) is 11.7 Å². The van der Waals surface area contributed by atoms with Gasteiger partial charge in [-0.1, -0.05) is 11.8 Å². The molecule has 1 aromatic carbocycles. The van der Waals surface area contributed by atoms with Crippen molar-refractivity contribution in [2.75, 3.05) is 18.2 Å². The highest BCUT2D eigenvalue weighted by Gasteiger charge is 2.14. The van der Waals surface area contributed by atoms with E-state index in [0.717, 1.165) is 22.8 Å². The number of ether oxygens (including phenoxy) is 1. The molecule has 0 bridgehead atoms. The second-order valence-corrected chi connectivity index (χ2v) is 7.43. The number of anilines is 1. The summed E-state index contributed by atoms with van der Waals surface area (Å²) in [6, 6.07) is 9.31. The lowest BCUT2D eigenvalue weighted by Gasteiger charge is -2.06. The van der Waals surface area contributed by atoms with E-state index in [0.29, 0.717) is 5.16 Å². The topological polar surface area (TPSA) is 69.0 Å². The van der Waals surface area contributed by atoms with Crippen LogP contribution in [0.25, 0.3) is 11.4 Å². The van der Waals surface area contributed by atoms with Crippen LogP contribution in [-0.4, -0.2) is 33.5 Å². The Bertz CT molecular complexity index is 871. The zero-order chi connectivity index (χ0) is 17.8. The van der Waals surface area contributed by atoms with E-state index >= 15 is 0 Å². The second kappa shape index (κ2) is 7.71. The molecule has 0 atom stereocenters. The fraction of sp³-hybridized carbons (Fsp3) is 0.235. The molecule has 0 aliphatic heterocycles. The number of aryl methyl sites for hydroxylation is 1. The van der Waals surface area contributed by atoms with Crippen LogP contribution in [-0.2, 0) is 11.8 Å². The smallest absolute Gasteiger partial charge is 0.234 e. The Kier molecular flexibility index (Phi) is 5.40. The van der Waals surface area contributed by atoms with Gasteiger partial charge in [0.1, 0.15) is 5.75 Å². The molecule has 0 fully saturated rings. The van der Waals surface area contributed by atoms with E-state index in [1.807, 2.05) is 11.6 Å². The first-order chi connectivity index (χ1) is 12.1. The highest BCUT2D eigenvalue weighted by atomic mass is 32.2. The maximum atomic E-state index is 12.1. The minimum atomic E-state index is -0.0916. The van der Waals surface area contributed by atoms with E-state index in [1.54, 1.807) is 42.7 Å². The summed E-state index contributed by atoms with van der Waals surface area (Å²) in [5.74, 6) is 1.73. The molecule has 130 valence electrons. The molecule has 0 saturated carbocycles. The number of aromatic nitrogens is 3. The highest BCUT2D eigenvalue weighted by molar-refractivity contribution is 7.99. The predicted octanol–water partition coefficient (Wildman–Crippen LogP) is 3.59. The Labute approximate surface area is 154 Å². The summed E-state index contributed by atoms with van der Waals surface area (Å²) >= 11 is 3.04. The van der Waals surface area contributed by atoms with Gasteiger partial charge >= 0.3 is 0 Å². The lowest BCUT2D eigenvalue weighted by Crippen LogP contribution is -2.14. The minimum Gasteiger partial charge on any atom is -0.497 e. The third-order valence-corrected chi connectivity index (χ3v) is 5.41. The normalized spacial score (nSPS) is 10.7. The summed E-state index contributed by atoms with van der Waals surface area (Å²) in [5.41, 5.74) is 1.78. The number of thioether (sulfide) groups is 1. The summed E-state index contributed by atoms with van der Waals surface area (Å²) in [6.07, 6.45) is 0. The van der Waals surface area contributed by atoms with Gasteiger partial charge < -0.3 is 14.6 Å². The van der Waals surface area contributed by atoms with Crippen LogP contribution < -0.4 is 10.1 Å². The van der Waals surface area contributed by atoms with E-state index in [1.165, 1.54) is 16.6 Å². The molecule has 8 heteroatoms. The van der Waals surface area contributed by atoms with E-state index < -0.39 is 0 Å². The number of rotatable bonds is 6. The van der Waals surface area contributed by atoms with Crippen molar-refractivity contribution in [3.05, 3.63) is 40.6 Å². The summed E-state index contributed by atoms with van der Waals surface area (Å²) in [5, 5.41) is 14.0. The summed E-state index contributed by atoms with van der Waals surface area (Å²) < 4.78 is 7.01. The highest BCUT2D eigenvalue weighted by Crippen LogP contribution is 2.26. The van der Waals surface area contributed by atoms with Crippen LogP contribution in [0, 0.1) is 6.92 Å². The molecule has 1 N–H and O–H groups in total. The largest absolute Gasteiger partial charge is 0.497 e. The Hall–Kier alpha value is -2.32. The van der Waals surface area contributed by atoms with Crippen molar-refractivity contribution >= 4 is 34.7 Å². The molecule has 0 aliphatic rings. The van der Waals surface area contributed by atoms with Gasteiger partial charge in [-0.15, -0.1) is 21.5 Å². The van der Waals surface area contributed by atoms with Crippen LogP contribution in [0.2, 0.25) is 0 Å². The molecule has 3 aromatic rings. The third-order valence-electron chi connectivity index (χ3n) is 3.53. The second-order valence-electron chi connectivity index (χ2n) is 5.38. The molecule has 6 nitrogen and oxygen atoms in total. The van der Waals surface area contributed by atoms with Crippen molar-refractivity contribution in [2.24, 2.45) is 7.05 Å². The van der Waals surface area contributed by atoms with Gasteiger partial charge in [0.05, 0.1) is 12.9 Å². The molecule has 0 unspecified atom stereocenters. The van der Waals surface area contributed by atoms with E-state index in [2.05, 4.69) is 33.9 Å². The molecule has 3 rings (SSSR count). The fourth-order valence-electron chi connectivity index (χ4n) is 2.25. The quantitative estimate of drug-likeness (QED) is 0.668.